The van der Waals surface area contributed by atoms with Gasteiger partial charge in [0, 0.05) is 0 Å². The highest BCUT2D eigenvalue weighted by Crippen LogP contribution is 2.51. The van der Waals surface area contributed by atoms with Gasteiger partial charge in [-0.3, -0.25) is 5.26 Å². The van der Waals surface area contributed by atoms with Crippen molar-refractivity contribution in [3.8, 4) is 0 Å². The summed E-state index contributed by atoms with van der Waals surface area (Å²) in [5, 5.41) is 19.5. The Kier molecular flexibility index (Phi) is 3.43. The molecule has 3 nitrogen and oxygen atoms in total. The lowest BCUT2D eigenvalue weighted by Gasteiger charge is -2.37. The second-order valence-corrected chi connectivity index (χ2v) is 6.63. The Bertz CT molecular complexity index is 395. The molecule has 2 rings (SSSR count). The zero-order valence-electron chi connectivity index (χ0n) is 11.7. The molecular weight excluding hydrogens is 228 g/mol. The van der Waals surface area contributed by atoms with Crippen LogP contribution in [0.5, 0.6) is 0 Å². The quantitative estimate of drug-likeness (QED) is 0.556. The summed E-state index contributed by atoms with van der Waals surface area (Å²) >= 11 is 0. The predicted molar refractivity (Wildman–Crippen MR) is 71.1 cm³/mol. The standard InChI is InChI=1S/C15H24O3/c1-10-7-12-8-14(3,4)9-15(12,18-17)11(2)5-6-13(10)16/h7-8,11,13,16-17H,5-6,9H2,1-4H3/b10-7-/t11-,13+,15+/m1/s1. The second kappa shape index (κ2) is 4.48. The molecule has 0 aliphatic heterocycles. The second-order valence-electron chi connectivity index (χ2n) is 6.63. The van der Waals surface area contributed by atoms with Crippen LogP contribution in [0.3, 0.4) is 0 Å². The fourth-order valence-corrected chi connectivity index (χ4v) is 3.38. The Hall–Kier alpha value is -0.640. The van der Waals surface area contributed by atoms with Gasteiger partial charge in [-0.25, -0.2) is 4.89 Å². The first-order valence-electron chi connectivity index (χ1n) is 6.73. The van der Waals surface area contributed by atoms with Crippen LogP contribution in [-0.2, 0) is 4.89 Å². The van der Waals surface area contributed by atoms with Crippen LogP contribution in [0.4, 0.5) is 0 Å². The van der Waals surface area contributed by atoms with Crippen LogP contribution in [-0.4, -0.2) is 22.1 Å². The molecule has 0 heterocycles. The lowest BCUT2D eigenvalue weighted by molar-refractivity contribution is -0.326. The number of allylic oxidation sites excluding steroid dienone is 1. The van der Waals surface area contributed by atoms with E-state index in [-0.39, 0.29) is 17.4 Å². The number of hydrogen-bond acceptors (Lipinski definition) is 3. The zero-order valence-corrected chi connectivity index (χ0v) is 11.7. The molecule has 0 radical (unpaired) electrons. The van der Waals surface area contributed by atoms with Crippen molar-refractivity contribution in [2.24, 2.45) is 11.3 Å². The molecule has 2 aliphatic carbocycles. The molecule has 0 amide bonds. The third-order valence-corrected chi connectivity index (χ3v) is 4.49. The number of rotatable bonds is 1. The van der Waals surface area contributed by atoms with Crippen LogP contribution in [0.15, 0.2) is 23.3 Å². The Balaban J connectivity index is 2.50. The first kappa shape index (κ1) is 13.8. The zero-order chi connectivity index (χ0) is 13.6. The van der Waals surface area contributed by atoms with E-state index >= 15 is 0 Å². The monoisotopic (exact) mass is 252 g/mol. The van der Waals surface area contributed by atoms with E-state index in [4.69, 9.17) is 4.89 Å². The molecule has 0 saturated carbocycles. The SMILES string of the molecule is C/C1=C/C2=CC(C)(C)C[C@]2(OO)[C@H](C)CC[C@@H]1O. The minimum atomic E-state index is -0.606. The molecule has 0 aromatic carbocycles. The largest absolute Gasteiger partial charge is 0.389 e. The molecule has 0 fully saturated rings. The number of fused-ring (bicyclic) bond motifs is 1. The topological polar surface area (TPSA) is 49.7 Å². The highest BCUT2D eigenvalue weighted by atomic mass is 17.1. The predicted octanol–water partition coefficient (Wildman–Crippen LogP) is 3.31. The summed E-state index contributed by atoms with van der Waals surface area (Å²) < 4.78 is 0. The van der Waals surface area contributed by atoms with Crippen LogP contribution >= 0.6 is 0 Å². The molecular formula is C15H24O3. The molecule has 0 bridgehead atoms. The van der Waals surface area contributed by atoms with Crippen molar-refractivity contribution in [1.29, 1.82) is 0 Å². The highest BCUT2D eigenvalue weighted by molar-refractivity contribution is 5.40. The molecule has 3 atom stereocenters. The van der Waals surface area contributed by atoms with E-state index in [0.717, 1.165) is 30.4 Å². The van der Waals surface area contributed by atoms with Crippen LogP contribution < -0.4 is 0 Å². The summed E-state index contributed by atoms with van der Waals surface area (Å²) in [6, 6.07) is 0. The molecule has 2 N–H and O–H groups in total. The van der Waals surface area contributed by atoms with E-state index in [9.17, 15) is 10.4 Å². The smallest absolute Gasteiger partial charge is 0.131 e. The van der Waals surface area contributed by atoms with Crippen molar-refractivity contribution < 1.29 is 15.3 Å². The summed E-state index contributed by atoms with van der Waals surface area (Å²) in [6.07, 6.45) is 6.14. The minimum Gasteiger partial charge on any atom is -0.389 e. The van der Waals surface area contributed by atoms with Crippen molar-refractivity contribution in [1.82, 2.24) is 0 Å². The van der Waals surface area contributed by atoms with Gasteiger partial charge >= 0.3 is 0 Å². The normalized spacial score (nSPS) is 42.3. The van der Waals surface area contributed by atoms with Gasteiger partial charge in [-0.05, 0) is 48.7 Å². The fraction of sp³-hybridized carbons (Fsp3) is 0.733. The third-order valence-electron chi connectivity index (χ3n) is 4.49. The van der Waals surface area contributed by atoms with Gasteiger partial charge in [0.05, 0.1) is 6.10 Å². The molecule has 3 heteroatoms. The van der Waals surface area contributed by atoms with Crippen molar-refractivity contribution in [3.05, 3.63) is 23.3 Å². The van der Waals surface area contributed by atoms with E-state index < -0.39 is 5.60 Å². The lowest BCUT2D eigenvalue weighted by Crippen LogP contribution is -2.41. The van der Waals surface area contributed by atoms with E-state index in [1.807, 2.05) is 13.0 Å². The molecule has 2 aliphatic rings. The summed E-state index contributed by atoms with van der Waals surface area (Å²) in [5.41, 5.74) is 1.37. The van der Waals surface area contributed by atoms with Gasteiger partial charge in [-0.15, -0.1) is 0 Å². The van der Waals surface area contributed by atoms with Gasteiger partial charge in [-0.1, -0.05) is 32.9 Å². The maximum atomic E-state index is 10.0. The molecule has 102 valence electrons. The Morgan fingerprint density at radius 2 is 2.00 bits per heavy atom. The van der Waals surface area contributed by atoms with Gasteiger partial charge in [0.1, 0.15) is 5.60 Å². The Morgan fingerprint density at radius 3 is 2.61 bits per heavy atom. The highest BCUT2D eigenvalue weighted by Gasteiger charge is 2.50. The third kappa shape index (κ3) is 2.15. The van der Waals surface area contributed by atoms with Gasteiger partial charge in [0.2, 0.25) is 0 Å². The number of aliphatic hydroxyl groups is 1. The maximum absolute atomic E-state index is 10.0. The minimum absolute atomic E-state index is 0.0123. The van der Waals surface area contributed by atoms with Gasteiger partial charge in [-0.2, -0.15) is 0 Å². The van der Waals surface area contributed by atoms with E-state index in [0.29, 0.717) is 0 Å². The van der Waals surface area contributed by atoms with Gasteiger partial charge < -0.3 is 5.11 Å². The van der Waals surface area contributed by atoms with E-state index in [1.165, 1.54) is 0 Å². The van der Waals surface area contributed by atoms with Crippen molar-refractivity contribution in [3.63, 3.8) is 0 Å². The van der Waals surface area contributed by atoms with Crippen LogP contribution in [0.1, 0.15) is 47.0 Å². The van der Waals surface area contributed by atoms with Crippen LogP contribution in [0.2, 0.25) is 0 Å². The van der Waals surface area contributed by atoms with Crippen LogP contribution in [0.25, 0.3) is 0 Å². The van der Waals surface area contributed by atoms with Crippen LogP contribution in [0, 0.1) is 11.3 Å². The average Bonchev–Trinajstić information content (AvgIpc) is 2.56. The number of aliphatic hydroxyl groups excluding tert-OH is 1. The molecule has 0 aromatic rings. The van der Waals surface area contributed by atoms with Gasteiger partial charge in [0.15, 0.2) is 0 Å². The molecule has 18 heavy (non-hydrogen) atoms. The Morgan fingerprint density at radius 1 is 1.33 bits per heavy atom. The molecule has 0 spiro atoms. The summed E-state index contributed by atoms with van der Waals surface area (Å²) in [5.74, 6) is 0.189. The Labute approximate surface area is 109 Å². The maximum Gasteiger partial charge on any atom is 0.131 e. The summed E-state index contributed by atoms with van der Waals surface area (Å²) in [4.78, 5) is 4.98. The van der Waals surface area contributed by atoms with Crippen molar-refractivity contribution in [2.45, 2.75) is 58.7 Å². The van der Waals surface area contributed by atoms with E-state index in [1.54, 1.807) is 0 Å². The molecule has 0 saturated heterocycles. The van der Waals surface area contributed by atoms with E-state index in [2.05, 4.69) is 26.8 Å². The average molecular weight is 252 g/mol. The van der Waals surface area contributed by atoms with Crippen molar-refractivity contribution >= 4 is 0 Å². The molecule has 0 aromatic heterocycles. The fourth-order valence-electron chi connectivity index (χ4n) is 3.38. The molecule has 0 unspecified atom stereocenters. The lowest BCUT2D eigenvalue weighted by atomic mass is 9.75. The van der Waals surface area contributed by atoms with Crippen molar-refractivity contribution in [2.75, 3.05) is 0 Å². The first-order chi connectivity index (χ1) is 8.31. The first-order valence-corrected chi connectivity index (χ1v) is 6.73. The van der Waals surface area contributed by atoms with Gasteiger partial charge in [0.25, 0.3) is 0 Å². The summed E-state index contributed by atoms with van der Waals surface area (Å²) in [7, 11) is 0. The summed E-state index contributed by atoms with van der Waals surface area (Å²) in [6.45, 7) is 8.33. The number of hydrogen-bond donors (Lipinski definition) is 2.